The number of carbonyl (C=O) groups excluding carboxylic acids is 2. The third kappa shape index (κ3) is 4.02. The molecular formula is C11H14FN3O3. The Hall–Kier alpha value is -2.15. The second-order valence-electron chi connectivity index (χ2n) is 3.46. The van der Waals surface area contributed by atoms with Crippen molar-refractivity contribution >= 4 is 11.9 Å². The van der Waals surface area contributed by atoms with Crippen LogP contribution in [0.3, 0.4) is 0 Å². The zero-order valence-corrected chi connectivity index (χ0v) is 9.83. The van der Waals surface area contributed by atoms with E-state index in [4.69, 9.17) is 10.5 Å². The molecule has 0 heterocycles. The van der Waals surface area contributed by atoms with E-state index in [1.807, 2.05) is 5.32 Å². The van der Waals surface area contributed by atoms with Gasteiger partial charge in [0.05, 0.1) is 0 Å². The first kappa shape index (κ1) is 13.9. The van der Waals surface area contributed by atoms with Crippen molar-refractivity contribution in [2.75, 3.05) is 13.7 Å². The van der Waals surface area contributed by atoms with Crippen LogP contribution in [0.15, 0.2) is 18.2 Å². The van der Waals surface area contributed by atoms with Gasteiger partial charge in [0.15, 0.2) is 18.2 Å². The Morgan fingerprint density at radius 1 is 1.44 bits per heavy atom. The van der Waals surface area contributed by atoms with E-state index in [1.54, 1.807) is 19.2 Å². The highest BCUT2D eigenvalue weighted by atomic mass is 19.1. The van der Waals surface area contributed by atoms with Crippen LogP contribution >= 0.6 is 0 Å². The van der Waals surface area contributed by atoms with Gasteiger partial charge in [0, 0.05) is 12.1 Å². The zero-order chi connectivity index (χ0) is 13.5. The molecule has 0 aliphatic heterocycles. The average molecular weight is 255 g/mol. The Kier molecular flexibility index (Phi) is 5.06. The molecule has 0 radical (unpaired) electrons. The van der Waals surface area contributed by atoms with Crippen molar-refractivity contribution in [2.24, 2.45) is 5.73 Å². The van der Waals surface area contributed by atoms with Gasteiger partial charge in [-0.2, -0.15) is 0 Å². The summed E-state index contributed by atoms with van der Waals surface area (Å²) in [5.41, 5.74) is 5.33. The van der Waals surface area contributed by atoms with Crippen molar-refractivity contribution in [1.82, 2.24) is 10.6 Å². The van der Waals surface area contributed by atoms with Crippen LogP contribution < -0.4 is 21.1 Å². The first-order chi connectivity index (χ1) is 8.54. The van der Waals surface area contributed by atoms with Crippen molar-refractivity contribution in [3.05, 3.63) is 29.6 Å². The third-order valence-electron chi connectivity index (χ3n) is 2.03. The summed E-state index contributed by atoms with van der Waals surface area (Å²) in [5, 5.41) is 4.67. The van der Waals surface area contributed by atoms with Gasteiger partial charge in [0.2, 0.25) is 0 Å². The van der Waals surface area contributed by atoms with Crippen LogP contribution in [0.2, 0.25) is 0 Å². The summed E-state index contributed by atoms with van der Waals surface area (Å²) in [5.74, 6) is -1.33. The van der Waals surface area contributed by atoms with Crippen molar-refractivity contribution in [3.63, 3.8) is 0 Å². The van der Waals surface area contributed by atoms with Gasteiger partial charge in [-0.15, -0.1) is 0 Å². The predicted octanol–water partition coefficient (Wildman–Crippen LogP) is 0.119. The summed E-state index contributed by atoms with van der Waals surface area (Å²) in [6, 6.07) is 3.45. The number of urea groups is 1. The molecule has 0 aliphatic rings. The maximum atomic E-state index is 13.5. The molecule has 0 saturated heterocycles. The molecule has 18 heavy (non-hydrogen) atoms. The van der Waals surface area contributed by atoms with Crippen LogP contribution in [0.4, 0.5) is 9.18 Å². The Morgan fingerprint density at radius 2 is 2.17 bits per heavy atom. The summed E-state index contributed by atoms with van der Waals surface area (Å²) < 4.78 is 18.6. The number of hydrogen-bond donors (Lipinski definition) is 3. The molecule has 0 spiro atoms. The highest BCUT2D eigenvalue weighted by Gasteiger charge is 2.12. The Morgan fingerprint density at radius 3 is 2.78 bits per heavy atom. The van der Waals surface area contributed by atoms with Crippen LogP contribution in [-0.4, -0.2) is 25.6 Å². The minimum atomic E-state index is -0.979. The van der Waals surface area contributed by atoms with E-state index in [-0.39, 0.29) is 5.75 Å². The van der Waals surface area contributed by atoms with Crippen LogP contribution in [0.5, 0.6) is 5.75 Å². The van der Waals surface area contributed by atoms with Gasteiger partial charge in [-0.1, -0.05) is 12.1 Å². The predicted molar refractivity (Wildman–Crippen MR) is 62.4 cm³/mol. The number of hydrogen-bond acceptors (Lipinski definition) is 4. The highest BCUT2D eigenvalue weighted by molar-refractivity contribution is 5.94. The van der Waals surface area contributed by atoms with E-state index in [0.717, 1.165) is 0 Å². The van der Waals surface area contributed by atoms with Gasteiger partial charge in [-0.3, -0.25) is 10.1 Å². The molecule has 4 N–H and O–H groups in total. The van der Waals surface area contributed by atoms with Crippen molar-refractivity contribution in [2.45, 2.75) is 6.54 Å². The minimum absolute atomic E-state index is 0.0218. The maximum absolute atomic E-state index is 13.5. The zero-order valence-electron chi connectivity index (χ0n) is 9.83. The molecule has 1 aromatic rings. The Bertz CT molecular complexity index is 451. The van der Waals surface area contributed by atoms with Crippen molar-refractivity contribution in [1.29, 1.82) is 0 Å². The molecular weight excluding hydrogens is 241 g/mol. The maximum Gasteiger partial charge on any atom is 0.318 e. The number of carbonyl (C=O) groups is 2. The quantitative estimate of drug-likeness (QED) is 0.696. The second kappa shape index (κ2) is 6.55. The largest absolute Gasteiger partial charge is 0.480 e. The fourth-order valence-electron chi connectivity index (χ4n) is 1.36. The number of rotatable bonds is 5. The first-order valence-electron chi connectivity index (χ1n) is 5.18. The molecule has 0 fully saturated rings. The monoisotopic (exact) mass is 255 g/mol. The van der Waals surface area contributed by atoms with Crippen LogP contribution in [0.1, 0.15) is 5.56 Å². The molecule has 0 unspecified atom stereocenters. The molecule has 1 rings (SSSR count). The minimum Gasteiger partial charge on any atom is -0.480 e. The van der Waals surface area contributed by atoms with Gasteiger partial charge in [0.25, 0.3) is 5.91 Å². The summed E-state index contributed by atoms with van der Waals surface area (Å²) in [7, 11) is 1.70. The van der Waals surface area contributed by atoms with E-state index in [1.165, 1.54) is 6.07 Å². The molecule has 0 atom stereocenters. The number of para-hydroxylation sites is 1. The summed E-state index contributed by atoms with van der Waals surface area (Å²) in [6.07, 6.45) is 0. The number of benzene rings is 1. The van der Waals surface area contributed by atoms with Gasteiger partial charge in [-0.05, 0) is 13.1 Å². The first-order valence-corrected chi connectivity index (χ1v) is 5.18. The van der Waals surface area contributed by atoms with Crippen molar-refractivity contribution in [3.8, 4) is 5.75 Å². The van der Waals surface area contributed by atoms with Gasteiger partial charge in [0.1, 0.15) is 0 Å². The van der Waals surface area contributed by atoms with Gasteiger partial charge >= 0.3 is 6.03 Å². The lowest BCUT2D eigenvalue weighted by Gasteiger charge is -2.11. The molecule has 0 aliphatic carbocycles. The molecule has 0 bridgehead atoms. The third-order valence-corrected chi connectivity index (χ3v) is 2.03. The van der Waals surface area contributed by atoms with E-state index in [2.05, 4.69) is 5.32 Å². The number of halogens is 1. The summed E-state index contributed by atoms with van der Waals surface area (Å²) in [4.78, 5) is 21.5. The topological polar surface area (TPSA) is 93.4 Å². The van der Waals surface area contributed by atoms with E-state index < -0.39 is 24.4 Å². The van der Waals surface area contributed by atoms with Gasteiger partial charge in [-0.25, -0.2) is 9.18 Å². The molecule has 0 aromatic heterocycles. The fraction of sp³-hybridized carbons (Fsp3) is 0.273. The Balaban J connectivity index is 2.71. The van der Waals surface area contributed by atoms with Gasteiger partial charge < -0.3 is 15.8 Å². The fourth-order valence-corrected chi connectivity index (χ4v) is 1.36. The second-order valence-corrected chi connectivity index (χ2v) is 3.46. The molecule has 98 valence electrons. The highest BCUT2D eigenvalue weighted by Crippen LogP contribution is 2.22. The number of primary amides is 1. The lowest BCUT2D eigenvalue weighted by atomic mass is 10.2. The number of amides is 3. The molecule has 7 heteroatoms. The standard InChI is InChI=1S/C11H14FN3O3/c1-14-5-7-3-2-4-8(12)10(7)18-6-9(16)15-11(13)17/h2-4,14H,5-6H2,1H3,(H3,13,15,16,17). The smallest absolute Gasteiger partial charge is 0.318 e. The summed E-state index contributed by atoms with van der Waals surface area (Å²) >= 11 is 0. The lowest BCUT2D eigenvalue weighted by molar-refractivity contribution is -0.122. The molecule has 0 saturated carbocycles. The number of ether oxygens (including phenoxy) is 1. The van der Waals surface area contributed by atoms with Crippen molar-refractivity contribution < 1.29 is 18.7 Å². The van der Waals surface area contributed by atoms with E-state index in [9.17, 15) is 14.0 Å². The average Bonchev–Trinajstić information content (AvgIpc) is 2.27. The van der Waals surface area contributed by atoms with Crippen LogP contribution in [0.25, 0.3) is 0 Å². The van der Waals surface area contributed by atoms with Crippen LogP contribution in [0, 0.1) is 5.82 Å². The SMILES string of the molecule is CNCc1cccc(F)c1OCC(=O)NC(N)=O. The molecule has 1 aromatic carbocycles. The summed E-state index contributed by atoms with van der Waals surface area (Å²) in [6.45, 7) is -0.0921. The number of nitrogens with one attached hydrogen (secondary N) is 2. The lowest BCUT2D eigenvalue weighted by Crippen LogP contribution is -2.38. The van der Waals surface area contributed by atoms with E-state index in [0.29, 0.717) is 12.1 Å². The van der Waals surface area contributed by atoms with E-state index >= 15 is 0 Å². The normalized spacial score (nSPS) is 9.89. The Labute approximate surface area is 103 Å². The molecule has 3 amide bonds. The number of imide groups is 1. The number of nitrogens with two attached hydrogens (primary N) is 1. The van der Waals surface area contributed by atoms with Crippen LogP contribution in [-0.2, 0) is 11.3 Å². The molecule has 6 nitrogen and oxygen atoms in total.